The number of benzene rings is 1. The Labute approximate surface area is 116 Å². The highest BCUT2D eigenvalue weighted by Crippen LogP contribution is 2.21. The smallest absolute Gasteiger partial charge is 0.0445 e. The minimum absolute atomic E-state index is 0.198. The third kappa shape index (κ3) is 4.27. The first-order chi connectivity index (χ1) is 8.62. The first-order valence-electron chi connectivity index (χ1n) is 6.81. The van der Waals surface area contributed by atoms with E-state index in [1.54, 1.807) is 0 Å². The summed E-state index contributed by atoms with van der Waals surface area (Å²) in [5, 5.41) is 4.37. The van der Waals surface area contributed by atoms with Gasteiger partial charge in [-0.05, 0) is 36.6 Å². The molecule has 1 atom stereocenters. The third-order valence-corrected chi connectivity index (χ3v) is 4.05. The zero-order valence-corrected chi connectivity index (χ0v) is 12.4. The predicted molar refractivity (Wildman–Crippen MR) is 80.1 cm³/mol. The lowest BCUT2D eigenvalue weighted by atomic mass is 10.0. The van der Waals surface area contributed by atoms with Crippen LogP contribution in [0.25, 0.3) is 0 Å². The molecule has 0 aliphatic carbocycles. The van der Waals surface area contributed by atoms with Crippen LogP contribution in [0.4, 0.5) is 0 Å². The van der Waals surface area contributed by atoms with Crippen LogP contribution in [0.2, 0.25) is 5.02 Å². The highest BCUT2D eigenvalue weighted by atomic mass is 35.5. The van der Waals surface area contributed by atoms with Crippen molar-refractivity contribution in [2.75, 3.05) is 13.1 Å². The van der Waals surface area contributed by atoms with E-state index in [2.05, 4.69) is 31.3 Å². The topological polar surface area (TPSA) is 38.0 Å². The lowest BCUT2D eigenvalue weighted by Gasteiger charge is -2.21. The van der Waals surface area contributed by atoms with Crippen molar-refractivity contribution in [1.29, 1.82) is 0 Å². The molecule has 0 spiro atoms. The highest BCUT2D eigenvalue weighted by Gasteiger charge is 2.12. The van der Waals surface area contributed by atoms with E-state index in [0.29, 0.717) is 6.54 Å². The van der Waals surface area contributed by atoms with Crippen molar-refractivity contribution in [3.63, 3.8) is 0 Å². The van der Waals surface area contributed by atoms with Crippen LogP contribution in [-0.4, -0.2) is 13.1 Å². The predicted octanol–water partition coefficient (Wildman–Crippen LogP) is 3.67. The number of hydrogen-bond acceptors (Lipinski definition) is 2. The Kier molecular flexibility index (Phi) is 6.69. The van der Waals surface area contributed by atoms with Gasteiger partial charge in [0.25, 0.3) is 0 Å². The van der Waals surface area contributed by atoms with Gasteiger partial charge in [0, 0.05) is 17.6 Å². The minimum Gasteiger partial charge on any atom is -0.329 e. The Hall–Kier alpha value is -0.570. The number of hydrogen-bond donors (Lipinski definition) is 2. The Morgan fingerprint density at radius 1 is 1.28 bits per heavy atom. The van der Waals surface area contributed by atoms with Gasteiger partial charge in [-0.2, -0.15) is 0 Å². The maximum absolute atomic E-state index is 6.16. The fraction of sp³-hybridized carbons (Fsp3) is 0.600. The maximum atomic E-state index is 6.16. The maximum Gasteiger partial charge on any atom is 0.0445 e. The highest BCUT2D eigenvalue weighted by molar-refractivity contribution is 6.31. The van der Waals surface area contributed by atoms with Crippen molar-refractivity contribution in [3.8, 4) is 0 Å². The lowest BCUT2D eigenvalue weighted by Crippen LogP contribution is -2.32. The van der Waals surface area contributed by atoms with Gasteiger partial charge in [-0.15, -0.1) is 0 Å². The molecule has 1 aromatic rings. The summed E-state index contributed by atoms with van der Waals surface area (Å²) in [4.78, 5) is 0. The van der Waals surface area contributed by atoms with Crippen LogP contribution < -0.4 is 11.1 Å². The van der Waals surface area contributed by atoms with E-state index in [1.165, 1.54) is 18.4 Å². The Balaban J connectivity index is 2.67. The van der Waals surface area contributed by atoms with E-state index in [1.807, 2.05) is 13.0 Å². The van der Waals surface area contributed by atoms with Gasteiger partial charge in [0.05, 0.1) is 0 Å². The minimum atomic E-state index is 0.198. The number of nitrogens with two attached hydrogens (primary N) is 1. The van der Waals surface area contributed by atoms with Crippen LogP contribution in [0.1, 0.15) is 43.9 Å². The fourth-order valence-electron chi connectivity index (χ4n) is 2.05. The van der Waals surface area contributed by atoms with Gasteiger partial charge in [0.15, 0.2) is 0 Å². The number of aryl methyl sites for hydroxylation is 1. The van der Waals surface area contributed by atoms with E-state index >= 15 is 0 Å². The summed E-state index contributed by atoms with van der Waals surface area (Å²) in [6.07, 6.45) is 2.41. The van der Waals surface area contributed by atoms with E-state index in [-0.39, 0.29) is 6.04 Å². The van der Waals surface area contributed by atoms with Crippen molar-refractivity contribution in [2.24, 2.45) is 11.7 Å². The first kappa shape index (κ1) is 15.5. The molecule has 0 aliphatic rings. The SMILES string of the molecule is CCC(CC)CNC(CN)c1ccc(C)c(Cl)c1. The van der Waals surface area contributed by atoms with Crippen molar-refractivity contribution >= 4 is 11.6 Å². The summed E-state index contributed by atoms with van der Waals surface area (Å²) in [7, 11) is 0. The lowest BCUT2D eigenvalue weighted by molar-refractivity contribution is 0.414. The van der Waals surface area contributed by atoms with Crippen LogP contribution in [0.5, 0.6) is 0 Å². The molecule has 0 fully saturated rings. The number of rotatable bonds is 7. The number of halogens is 1. The molecule has 0 saturated heterocycles. The van der Waals surface area contributed by atoms with Gasteiger partial charge in [0.2, 0.25) is 0 Å². The monoisotopic (exact) mass is 268 g/mol. The Morgan fingerprint density at radius 3 is 2.44 bits per heavy atom. The molecule has 0 aliphatic heterocycles. The second kappa shape index (κ2) is 7.78. The molecule has 3 N–H and O–H groups in total. The van der Waals surface area contributed by atoms with Gasteiger partial charge >= 0.3 is 0 Å². The molecule has 0 heterocycles. The zero-order chi connectivity index (χ0) is 13.5. The molecule has 0 radical (unpaired) electrons. The van der Waals surface area contributed by atoms with Crippen LogP contribution in [0, 0.1) is 12.8 Å². The molecule has 0 aromatic heterocycles. The summed E-state index contributed by atoms with van der Waals surface area (Å²) in [6, 6.07) is 6.38. The second-order valence-corrected chi connectivity index (χ2v) is 5.29. The fourth-order valence-corrected chi connectivity index (χ4v) is 2.24. The molecule has 3 heteroatoms. The number of nitrogens with one attached hydrogen (secondary N) is 1. The van der Waals surface area contributed by atoms with E-state index in [0.717, 1.165) is 23.0 Å². The standard InChI is InChI=1S/C15H25ClN2/c1-4-12(5-2)10-18-15(9-17)13-7-6-11(3)14(16)8-13/h6-8,12,15,18H,4-5,9-10,17H2,1-3H3. The van der Waals surface area contributed by atoms with Crippen molar-refractivity contribution in [3.05, 3.63) is 34.3 Å². The molecule has 0 amide bonds. The van der Waals surface area contributed by atoms with Crippen LogP contribution in [0.15, 0.2) is 18.2 Å². The van der Waals surface area contributed by atoms with E-state index in [9.17, 15) is 0 Å². The average molecular weight is 269 g/mol. The first-order valence-corrected chi connectivity index (χ1v) is 7.19. The van der Waals surface area contributed by atoms with Gasteiger partial charge in [-0.25, -0.2) is 0 Å². The molecule has 0 bridgehead atoms. The van der Waals surface area contributed by atoms with Gasteiger partial charge in [-0.3, -0.25) is 0 Å². The van der Waals surface area contributed by atoms with Gasteiger partial charge in [0.1, 0.15) is 0 Å². The molecule has 1 unspecified atom stereocenters. The normalized spacial score (nSPS) is 13.0. The van der Waals surface area contributed by atoms with Crippen molar-refractivity contribution in [1.82, 2.24) is 5.32 Å². The van der Waals surface area contributed by atoms with Crippen molar-refractivity contribution < 1.29 is 0 Å². The molecular weight excluding hydrogens is 244 g/mol. The molecule has 18 heavy (non-hydrogen) atoms. The van der Waals surface area contributed by atoms with E-state index < -0.39 is 0 Å². The summed E-state index contributed by atoms with van der Waals surface area (Å²) < 4.78 is 0. The summed E-state index contributed by atoms with van der Waals surface area (Å²) in [5.74, 6) is 0.722. The van der Waals surface area contributed by atoms with Crippen LogP contribution >= 0.6 is 11.6 Å². The van der Waals surface area contributed by atoms with Crippen LogP contribution in [0.3, 0.4) is 0 Å². The molecule has 1 rings (SSSR count). The second-order valence-electron chi connectivity index (χ2n) is 4.89. The van der Waals surface area contributed by atoms with Gasteiger partial charge < -0.3 is 11.1 Å². The van der Waals surface area contributed by atoms with Crippen molar-refractivity contribution in [2.45, 2.75) is 39.7 Å². The quantitative estimate of drug-likeness (QED) is 0.792. The zero-order valence-electron chi connectivity index (χ0n) is 11.7. The van der Waals surface area contributed by atoms with Crippen LogP contribution in [-0.2, 0) is 0 Å². The molecular formula is C15H25ClN2. The average Bonchev–Trinajstić information content (AvgIpc) is 2.38. The largest absolute Gasteiger partial charge is 0.329 e. The molecule has 102 valence electrons. The summed E-state index contributed by atoms with van der Waals surface area (Å²) in [6.45, 7) is 8.09. The molecule has 0 saturated carbocycles. The Bertz CT molecular complexity index is 362. The third-order valence-electron chi connectivity index (χ3n) is 3.64. The summed E-state index contributed by atoms with van der Waals surface area (Å²) >= 11 is 6.16. The van der Waals surface area contributed by atoms with E-state index in [4.69, 9.17) is 17.3 Å². The van der Waals surface area contributed by atoms with Gasteiger partial charge in [-0.1, -0.05) is 50.4 Å². The summed E-state index contributed by atoms with van der Waals surface area (Å²) in [5.41, 5.74) is 8.14. The molecule has 2 nitrogen and oxygen atoms in total. The molecule has 1 aromatic carbocycles. The Morgan fingerprint density at radius 2 is 1.94 bits per heavy atom.